The third-order valence-corrected chi connectivity index (χ3v) is 7.00. The van der Waals surface area contributed by atoms with E-state index in [4.69, 9.17) is 10.2 Å². The summed E-state index contributed by atoms with van der Waals surface area (Å²) in [4.78, 5) is 20.2. The molecule has 0 bridgehead atoms. The molecule has 38 heavy (non-hydrogen) atoms. The zero-order valence-electron chi connectivity index (χ0n) is 21.0. The van der Waals surface area contributed by atoms with Gasteiger partial charge >= 0.3 is 0 Å². The van der Waals surface area contributed by atoms with Gasteiger partial charge in [-0.25, -0.2) is 15.0 Å². The van der Waals surface area contributed by atoms with Gasteiger partial charge in [0.25, 0.3) is 0 Å². The summed E-state index contributed by atoms with van der Waals surface area (Å²) in [6, 6.07) is 29.4. The lowest BCUT2D eigenvalue weighted by molar-refractivity contribution is 0.211. The summed E-state index contributed by atoms with van der Waals surface area (Å²) in [5.41, 5.74) is 7.38. The largest absolute Gasteiger partial charge is 0.367 e. The molecule has 0 spiro atoms. The number of nitriles is 1. The van der Waals surface area contributed by atoms with Crippen LogP contribution in [0.4, 0.5) is 5.82 Å². The summed E-state index contributed by atoms with van der Waals surface area (Å²) in [7, 11) is 0. The van der Waals surface area contributed by atoms with Crippen LogP contribution in [0.2, 0.25) is 0 Å². The quantitative estimate of drug-likeness (QED) is 0.322. The van der Waals surface area contributed by atoms with Gasteiger partial charge in [-0.15, -0.1) is 0 Å². The van der Waals surface area contributed by atoms with E-state index in [-0.39, 0.29) is 5.82 Å². The highest BCUT2D eigenvalue weighted by Gasteiger charge is 2.20. The monoisotopic (exact) mass is 497 g/mol. The first-order chi connectivity index (χ1) is 18.7. The molecule has 2 aromatic carbocycles. The lowest BCUT2D eigenvalue weighted by atomic mass is 9.97. The SMILES string of the molecule is N#Cc1nccc(NC2CCN(Cc3ccc(-c4nc5cccnc5cc4-c4ccccc4)cc3)CC2)n1. The Morgan fingerprint density at radius 1 is 0.816 bits per heavy atom. The van der Waals surface area contributed by atoms with Gasteiger partial charge in [0.1, 0.15) is 11.9 Å². The lowest BCUT2D eigenvalue weighted by Gasteiger charge is -2.32. The number of fused-ring (bicyclic) bond motifs is 1. The van der Waals surface area contributed by atoms with E-state index in [1.54, 1.807) is 6.20 Å². The van der Waals surface area contributed by atoms with E-state index in [9.17, 15) is 0 Å². The van der Waals surface area contributed by atoms with Gasteiger partial charge in [0, 0.05) is 49.2 Å². The van der Waals surface area contributed by atoms with Crippen LogP contribution in [-0.2, 0) is 6.54 Å². The Hall–Kier alpha value is -4.67. The molecule has 0 radical (unpaired) electrons. The Morgan fingerprint density at radius 2 is 1.63 bits per heavy atom. The number of pyridine rings is 2. The van der Waals surface area contributed by atoms with Gasteiger partial charge < -0.3 is 5.32 Å². The number of hydrogen-bond donors (Lipinski definition) is 1. The zero-order valence-corrected chi connectivity index (χ0v) is 21.0. The smallest absolute Gasteiger partial charge is 0.234 e. The first-order valence-electron chi connectivity index (χ1n) is 12.9. The Bertz CT molecular complexity index is 1590. The van der Waals surface area contributed by atoms with Crippen LogP contribution in [0, 0.1) is 11.3 Å². The van der Waals surface area contributed by atoms with Gasteiger partial charge in [-0.3, -0.25) is 9.88 Å². The normalized spacial score (nSPS) is 14.3. The number of aromatic nitrogens is 4. The molecule has 4 heterocycles. The molecular weight excluding hydrogens is 470 g/mol. The summed E-state index contributed by atoms with van der Waals surface area (Å²) >= 11 is 0. The molecule has 7 heteroatoms. The molecule has 0 saturated carbocycles. The molecule has 5 aromatic rings. The number of likely N-dealkylation sites (tertiary alicyclic amines) is 1. The zero-order chi connectivity index (χ0) is 25.7. The second-order valence-electron chi connectivity index (χ2n) is 9.56. The topological polar surface area (TPSA) is 90.6 Å². The van der Waals surface area contributed by atoms with Crippen LogP contribution >= 0.6 is 0 Å². The molecule has 0 amide bonds. The molecule has 186 valence electrons. The van der Waals surface area contributed by atoms with Crippen molar-refractivity contribution >= 4 is 16.9 Å². The first-order valence-corrected chi connectivity index (χ1v) is 12.9. The maximum Gasteiger partial charge on any atom is 0.234 e. The van der Waals surface area contributed by atoms with Crippen LogP contribution in [0.25, 0.3) is 33.4 Å². The van der Waals surface area contributed by atoms with Crippen LogP contribution in [0.1, 0.15) is 24.2 Å². The fraction of sp³-hybridized carbons (Fsp3) is 0.194. The van der Waals surface area contributed by atoms with Crippen LogP contribution in [0.15, 0.2) is 91.3 Å². The Labute approximate surface area is 221 Å². The first kappa shape index (κ1) is 23.7. The van der Waals surface area contributed by atoms with E-state index in [1.807, 2.05) is 36.5 Å². The van der Waals surface area contributed by atoms with Gasteiger partial charge in [0.05, 0.1) is 16.7 Å². The number of nitrogens with one attached hydrogen (secondary N) is 1. The van der Waals surface area contributed by atoms with Crippen molar-refractivity contribution in [2.24, 2.45) is 0 Å². The van der Waals surface area contributed by atoms with E-state index in [1.165, 1.54) is 5.56 Å². The summed E-state index contributed by atoms with van der Waals surface area (Å²) < 4.78 is 0. The lowest BCUT2D eigenvalue weighted by Crippen LogP contribution is -2.38. The molecule has 0 aliphatic carbocycles. The van der Waals surface area contributed by atoms with E-state index in [0.29, 0.717) is 6.04 Å². The van der Waals surface area contributed by atoms with Crippen LogP contribution in [-0.4, -0.2) is 44.0 Å². The number of hydrogen-bond acceptors (Lipinski definition) is 7. The molecular formula is C31H27N7. The molecule has 0 unspecified atom stereocenters. The Morgan fingerprint density at radius 3 is 2.42 bits per heavy atom. The van der Waals surface area contributed by atoms with Crippen LogP contribution in [0.5, 0.6) is 0 Å². The molecule has 3 aromatic heterocycles. The highest BCUT2D eigenvalue weighted by atomic mass is 15.1. The minimum Gasteiger partial charge on any atom is -0.367 e. The predicted molar refractivity (Wildman–Crippen MR) is 149 cm³/mol. The second kappa shape index (κ2) is 10.8. The van der Waals surface area contributed by atoms with E-state index in [0.717, 1.165) is 71.7 Å². The molecule has 1 aliphatic heterocycles. The fourth-order valence-electron chi connectivity index (χ4n) is 5.02. The highest BCUT2D eigenvalue weighted by Crippen LogP contribution is 2.33. The van der Waals surface area contributed by atoms with Gasteiger partial charge in [-0.1, -0.05) is 54.6 Å². The van der Waals surface area contributed by atoms with Crippen molar-refractivity contribution in [2.75, 3.05) is 18.4 Å². The van der Waals surface area contributed by atoms with E-state index >= 15 is 0 Å². The Kier molecular flexibility index (Phi) is 6.71. The van der Waals surface area contributed by atoms with Gasteiger partial charge in [0.2, 0.25) is 5.82 Å². The predicted octanol–water partition coefficient (Wildman–Crippen LogP) is 5.70. The molecule has 1 aliphatic rings. The summed E-state index contributed by atoms with van der Waals surface area (Å²) in [6.45, 7) is 2.93. The molecule has 1 fully saturated rings. The van der Waals surface area contributed by atoms with Gasteiger partial charge in [0.15, 0.2) is 0 Å². The maximum atomic E-state index is 9.02. The summed E-state index contributed by atoms with van der Waals surface area (Å²) in [6.07, 6.45) is 5.49. The van der Waals surface area contributed by atoms with Crippen LogP contribution < -0.4 is 5.32 Å². The molecule has 1 N–H and O–H groups in total. The standard InChI is InChI=1S/C31H27N7/c32-20-30-34-16-12-29(37-30)35-25-13-17-38(18-14-25)21-22-8-10-24(11-9-22)31-26(23-5-2-1-3-6-23)19-28-27(36-31)7-4-15-33-28/h1-12,15-16,19,25H,13-14,17-18,21H2,(H,34,35,37). The molecule has 1 saturated heterocycles. The number of benzene rings is 2. The number of rotatable bonds is 6. The van der Waals surface area contributed by atoms with Crippen molar-refractivity contribution < 1.29 is 0 Å². The minimum atomic E-state index is 0.197. The third-order valence-electron chi connectivity index (χ3n) is 7.00. The molecule has 0 atom stereocenters. The average molecular weight is 498 g/mol. The van der Waals surface area contributed by atoms with E-state index < -0.39 is 0 Å². The second-order valence-corrected chi connectivity index (χ2v) is 9.56. The number of anilines is 1. The van der Waals surface area contributed by atoms with E-state index in [2.05, 4.69) is 79.8 Å². The molecule has 6 rings (SSSR count). The van der Waals surface area contributed by atoms with Gasteiger partial charge in [-0.2, -0.15) is 5.26 Å². The van der Waals surface area contributed by atoms with Crippen molar-refractivity contribution in [1.82, 2.24) is 24.8 Å². The van der Waals surface area contributed by atoms with Crippen molar-refractivity contribution in [3.63, 3.8) is 0 Å². The summed E-state index contributed by atoms with van der Waals surface area (Å²) in [5, 5.41) is 12.5. The van der Waals surface area contributed by atoms with Gasteiger partial charge in [-0.05, 0) is 48.2 Å². The fourth-order valence-corrected chi connectivity index (χ4v) is 5.02. The Balaban J connectivity index is 1.15. The number of piperidine rings is 1. The van der Waals surface area contributed by atoms with Crippen molar-refractivity contribution in [2.45, 2.75) is 25.4 Å². The van der Waals surface area contributed by atoms with Crippen molar-refractivity contribution in [3.05, 3.63) is 103 Å². The number of nitrogens with zero attached hydrogens (tertiary/aromatic N) is 6. The van der Waals surface area contributed by atoms with Crippen LogP contribution in [0.3, 0.4) is 0 Å². The maximum absolute atomic E-state index is 9.02. The van der Waals surface area contributed by atoms with Crippen molar-refractivity contribution in [1.29, 1.82) is 5.26 Å². The summed E-state index contributed by atoms with van der Waals surface area (Å²) in [5.74, 6) is 0.917. The third kappa shape index (κ3) is 5.22. The van der Waals surface area contributed by atoms with Crippen molar-refractivity contribution in [3.8, 4) is 28.5 Å². The highest BCUT2D eigenvalue weighted by molar-refractivity contribution is 5.89. The minimum absolute atomic E-state index is 0.197. The average Bonchev–Trinajstić information content (AvgIpc) is 2.98. The molecule has 7 nitrogen and oxygen atoms in total.